The molecule has 14 heavy (non-hydrogen) atoms. The fourth-order valence-corrected chi connectivity index (χ4v) is 1.31. The van der Waals surface area contributed by atoms with Gasteiger partial charge in [-0.3, -0.25) is 0 Å². The van der Waals surface area contributed by atoms with Crippen LogP contribution in [0, 0.1) is 5.82 Å². The number of carbonyl (C=O) groups excluding carboxylic acids is 1. The summed E-state index contributed by atoms with van der Waals surface area (Å²) in [6, 6.07) is 4.57. The largest absolute Gasteiger partial charge is 0.493 e. The van der Waals surface area contributed by atoms with Crippen LogP contribution in [0.1, 0.15) is 25.3 Å². The molecule has 3 heteroatoms. The first kappa shape index (κ1) is 10.7. The van der Waals surface area contributed by atoms with Gasteiger partial charge in [0.05, 0.1) is 6.61 Å². The summed E-state index contributed by atoms with van der Waals surface area (Å²) in [6.45, 7) is 3.93. The van der Waals surface area contributed by atoms with Crippen molar-refractivity contribution in [2.75, 3.05) is 6.61 Å². The van der Waals surface area contributed by atoms with E-state index < -0.39 is 11.7 Å². The first-order valence-electron chi connectivity index (χ1n) is 4.57. The van der Waals surface area contributed by atoms with Crippen molar-refractivity contribution < 1.29 is 13.9 Å². The highest BCUT2D eigenvalue weighted by Gasteiger charge is 2.15. The molecule has 0 aliphatic rings. The SMILES string of the molecule is CCOc1cccc(F)c1C(C)C=O. The Hall–Kier alpha value is -1.38. The molecule has 0 N–H and O–H groups in total. The molecular weight excluding hydrogens is 183 g/mol. The van der Waals surface area contributed by atoms with E-state index in [-0.39, 0.29) is 0 Å². The van der Waals surface area contributed by atoms with Gasteiger partial charge in [0.1, 0.15) is 17.9 Å². The Kier molecular flexibility index (Phi) is 3.63. The molecule has 1 aromatic rings. The molecular formula is C11H13FO2. The van der Waals surface area contributed by atoms with E-state index in [2.05, 4.69) is 0 Å². The summed E-state index contributed by atoms with van der Waals surface area (Å²) in [5.41, 5.74) is 0.337. The van der Waals surface area contributed by atoms with Crippen LogP contribution in [0.3, 0.4) is 0 Å². The molecule has 1 rings (SSSR count). The van der Waals surface area contributed by atoms with Gasteiger partial charge in [0.15, 0.2) is 0 Å². The summed E-state index contributed by atoms with van der Waals surface area (Å²) < 4.78 is 18.6. The highest BCUT2D eigenvalue weighted by molar-refractivity contribution is 5.64. The lowest BCUT2D eigenvalue weighted by atomic mass is 10.0. The van der Waals surface area contributed by atoms with Crippen LogP contribution in [0.4, 0.5) is 4.39 Å². The zero-order chi connectivity index (χ0) is 10.6. The molecule has 0 saturated carbocycles. The van der Waals surface area contributed by atoms with Crippen molar-refractivity contribution in [3.05, 3.63) is 29.6 Å². The second kappa shape index (κ2) is 4.74. The van der Waals surface area contributed by atoms with Crippen LogP contribution in [0.2, 0.25) is 0 Å². The van der Waals surface area contributed by atoms with E-state index in [0.717, 1.165) is 0 Å². The number of aldehydes is 1. The molecule has 2 nitrogen and oxygen atoms in total. The summed E-state index contributed by atoms with van der Waals surface area (Å²) in [7, 11) is 0. The second-order valence-corrected chi connectivity index (χ2v) is 3.01. The van der Waals surface area contributed by atoms with Crippen LogP contribution >= 0.6 is 0 Å². The molecule has 76 valence electrons. The van der Waals surface area contributed by atoms with Crippen LogP contribution in [-0.4, -0.2) is 12.9 Å². The minimum Gasteiger partial charge on any atom is -0.493 e. The summed E-state index contributed by atoms with van der Waals surface area (Å²) >= 11 is 0. The number of carbonyl (C=O) groups is 1. The Morgan fingerprint density at radius 2 is 2.29 bits per heavy atom. The summed E-state index contributed by atoms with van der Waals surface area (Å²) in [6.07, 6.45) is 0.709. The maximum atomic E-state index is 13.4. The van der Waals surface area contributed by atoms with Crippen LogP contribution in [0.15, 0.2) is 18.2 Å². The van der Waals surface area contributed by atoms with Gasteiger partial charge in [0, 0.05) is 11.5 Å². The minimum atomic E-state index is -0.474. The molecule has 0 heterocycles. The average Bonchev–Trinajstić information content (AvgIpc) is 2.18. The molecule has 0 aliphatic carbocycles. The molecule has 0 aromatic heterocycles. The standard InChI is InChI=1S/C11H13FO2/c1-3-14-10-6-4-5-9(12)11(10)8(2)7-13/h4-8H,3H2,1-2H3. The smallest absolute Gasteiger partial charge is 0.130 e. The maximum Gasteiger partial charge on any atom is 0.130 e. The lowest BCUT2D eigenvalue weighted by Gasteiger charge is -2.12. The molecule has 0 saturated heterocycles. The van der Waals surface area contributed by atoms with Crippen molar-refractivity contribution in [2.24, 2.45) is 0 Å². The number of hydrogen-bond donors (Lipinski definition) is 0. The van der Waals surface area contributed by atoms with E-state index in [4.69, 9.17) is 4.74 Å². The molecule has 0 fully saturated rings. The first-order chi connectivity index (χ1) is 6.70. The predicted octanol–water partition coefficient (Wildman–Crippen LogP) is 2.53. The maximum absolute atomic E-state index is 13.4. The van der Waals surface area contributed by atoms with Crippen molar-refractivity contribution in [1.29, 1.82) is 0 Å². The third kappa shape index (κ3) is 2.10. The molecule has 0 radical (unpaired) electrons. The van der Waals surface area contributed by atoms with Crippen molar-refractivity contribution in [2.45, 2.75) is 19.8 Å². The molecule has 1 atom stereocenters. The number of halogens is 1. The number of ether oxygens (including phenoxy) is 1. The third-order valence-corrected chi connectivity index (χ3v) is 1.97. The molecule has 0 aliphatic heterocycles. The van der Waals surface area contributed by atoms with E-state index in [1.807, 2.05) is 6.92 Å². The van der Waals surface area contributed by atoms with E-state index in [9.17, 15) is 9.18 Å². The van der Waals surface area contributed by atoms with Crippen LogP contribution < -0.4 is 4.74 Å². The van der Waals surface area contributed by atoms with Gasteiger partial charge < -0.3 is 9.53 Å². The lowest BCUT2D eigenvalue weighted by molar-refractivity contribution is -0.108. The van der Waals surface area contributed by atoms with Gasteiger partial charge >= 0.3 is 0 Å². The van der Waals surface area contributed by atoms with Crippen molar-refractivity contribution >= 4 is 6.29 Å². The molecule has 1 aromatic carbocycles. The minimum absolute atomic E-state index is 0.337. The second-order valence-electron chi connectivity index (χ2n) is 3.01. The van der Waals surface area contributed by atoms with Crippen LogP contribution in [0.25, 0.3) is 0 Å². The lowest BCUT2D eigenvalue weighted by Crippen LogP contribution is -2.03. The Labute approximate surface area is 82.7 Å². The van der Waals surface area contributed by atoms with E-state index in [1.165, 1.54) is 6.07 Å². The fraction of sp³-hybridized carbons (Fsp3) is 0.364. The van der Waals surface area contributed by atoms with Crippen LogP contribution in [0.5, 0.6) is 5.75 Å². The Morgan fingerprint density at radius 3 is 2.86 bits per heavy atom. The highest BCUT2D eigenvalue weighted by atomic mass is 19.1. The van der Waals surface area contributed by atoms with E-state index in [0.29, 0.717) is 24.2 Å². The quantitative estimate of drug-likeness (QED) is 0.692. The van der Waals surface area contributed by atoms with E-state index in [1.54, 1.807) is 19.1 Å². The van der Waals surface area contributed by atoms with Crippen LogP contribution in [-0.2, 0) is 4.79 Å². The summed E-state index contributed by atoms with van der Waals surface area (Å²) in [4.78, 5) is 10.6. The Balaban J connectivity index is 3.14. The number of rotatable bonds is 4. The summed E-state index contributed by atoms with van der Waals surface area (Å²) in [5, 5.41) is 0. The normalized spacial score (nSPS) is 12.2. The summed E-state index contributed by atoms with van der Waals surface area (Å²) in [5.74, 6) is -0.416. The monoisotopic (exact) mass is 196 g/mol. The fourth-order valence-electron chi connectivity index (χ4n) is 1.31. The van der Waals surface area contributed by atoms with Crippen molar-refractivity contribution in [3.8, 4) is 5.75 Å². The Bertz CT molecular complexity index is 323. The predicted molar refractivity (Wildman–Crippen MR) is 52.0 cm³/mol. The van der Waals surface area contributed by atoms with Gasteiger partial charge in [0.25, 0.3) is 0 Å². The third-order valence-electron chi connectivity index (χ3n) is 1.97. The molecule has 0 spiro atoms. The van der Waals surface area contributed by atoms with Gasteiger partial charge in [0.2, 0.25) is 0 Å². The molecule has 1 unspecified atom stereocenters. The number of hydrogen-bond acceptors (Lipinski definition) is 2. The average molecular weight is 196 g/mol. The van der Waals surface area contributed by atoms with Gasteiger partial charge in [-0.2, -0.15) is 0 Å². The van der Waals surface area contributed by atoms with Crippen molar-refractivity contribution in [1.82, 2.24) is 0 Å². The van der Waals surface area contributed by atoms with Gasteiger partial charge in [-0.05, 0) is 19.1 Å². The first-order valence-corrected chi connectivity index (χ1v) is 4.57. The number of benzene rings is 1. The van der Waals surface area contributed by atoms with Gasteiger partial charge in [-0.15, -0.1) is 0 Å². The molecule has 0 bridgehead atoms. The van der Waals surface area contributed by atoms with Crippen molar-refractivity contribution in [3.63, 3.8) is 0 Å². The van der Waals surface area contributed by atoms with Gasteiger partial charge in [-0.1, -0.05) is 13.0 Å². The Morgan fingerprint density at radius 1 is 1.57 bits per heavy atom. The van der Waals surface area contributed by atoms with Gasteiger partial charge in [-0.25, -0.2) is 4.39 Å². The zero-order valence-corrected chi connectivity index (χ0v) is 8.29. The van der Waals surface area contributed by atoms with E-state index >= 15 is 0 Å². The highest BCUT2D eigenvalue weighted by Crippen LogP contribution is 2.27. The molecule has 0 amide bonds. The zero-order valence-electron chi connectivity index (χ0n) is 8.29. The topological polar surface area (TPSA) is 26.3 Å².